The summed E-state index contributed by atoms with van der Waals surface area (Å²) in [5.74, 6) is -0.112. The molecule has 5 aromatic carbocycles. The summed E-state index contributed by atoms with van der Waals surface area (Å²) in [6.45, 7) is 2.52. The third kappa shape index (κ3) is 4.95. The smallest absolute Gasteiger partial charge is 0.274 e. The summed E-state index contributed by atoms with van der Waals surface area (Å²) in [5.41, 5.74) is 6.88. The lowest BCUT2D eigenvalue weighted by molar-refractivity contribution is 0.0984. The first kappa shape index (κ1) is 25.1. The van der Waals surface area contributed by atoms with E-state index in [1.54, 1.807) is 0 Å². The first-order chi connectivity index (χ1) is 19.7. The molecular formula is C36H29N3O. The van der Waals surface area contributed by atoms with Crippen LogP contribution < -0.4 is 10.0 Å². The van der Waals surface area contributed by atoms with Gasteiger partial charge in [-0.15, -0.1) is 0 Å². The summed E-state index contributed by atoms with van der Waals surface area (Å²) >= 11 is 0. The summed E-state index contributed by atoms with van der Waals surface area (Å²) < 4.78 is 0. The molecule has 194 valence electrons. The lowest BCUT2D eigenvalue weighted by Crippen LogP contribution is -2.47. The van der Waals surface area contributed by atoms with Crippen molar-refractivity contribution in [3.63, 3.8) is 0 Å². The van der Waals surface area contributed by atoms with Gasteiger partial charge in [-0.05, 0) is 48.4 Å². The average Bonchev–Trinajstić information content (AvgIpc) is 3.02. The Morgan fingerprint density at radius 2 is 1.15 bits per heavy atom. The number of amides is 1. The van der Waals surface area contributed by atoms with Gasteiger partial charge in [-0.2, -0.15) is 0 Å². The number of benzene rings is 5. The van der Waals surface area contributed by atoms with E-state index in [4.69, 9.17) is 4.98 Å². The fourth-order valence-corrected chi connectivity index (χ4v) is 5.14. The molecule has 40 heavy (non-hydrogen) atoms. The van der Waals surface area contributed by atoms with Gasteiger partial charge in [0.25, 0.3) is 5.91 Å². The van der Waals surface area contributed by atoms with Crippen LogP contribution in [0.1, 0.15) is 21.5 Å². The molecule has 6 aromatic rings. The lowest BCUT2D eigenvalue weighted by atomic mass is 9.97. The molecule has 4 heteroatoms. The largest absolute Gasteiger partial charge is 0.278 e. The van der Waals surface area contributed by atoms with Gasteiger partial charge in [0.2, 0.25) is 0 Å². The van der Waals surface area contributed by atoms with E-state index in [1.807, 2.05) is 145 Å². The number of aromatic nitrogens is 1. The molecule has 0 saturated carbocycles. The van der Waals surface area contributed by atoms with Crippen LogP contribution in [0.3, 0.4) is 0 Å². The van der Waals surface area contributed by atoms with Crippen LogP contribution in [0, 0.1) is 6.92 Å². The van der Waals surface area contributed by atoms with Gasteiger partial charge in [-0.3, -0.25) is 9.80 Å². The van der Waals surface area contributed by atoms with Gasteiger partial charge < -0.3 is 0 Å². The number of para-hydroxylation sites is 3. The van der Waals surface area contributed by atoms with Crippen LogP contribution in [0.5, 0.6) is 0 Å². The zero-order valence-electron chi connectivity index (χ0n) is 22.3. The van der Waals surface area contributed by atoms with Crippen molar-refractivity contribution in [3.05, 3.63) is 162 Å². The zero-order chi connectivity index (χ0) is 27.3. The van der Waals surface area contributed by atoms with Gasteiger partial charge in [-0.1, -0.05) is 115 Å². The maximum Gasteiger partial charge on any atom is 0.278 e. The van der Waals surface area contributed by atoms with Gasteiger partial charge in [-0.25, -0.2) is 9.99 Å². The molecule has 6 rings (SSSR count). The number of carbonyl (C=O) groups is 1. The van der Waals surface area contributed by atoms with E-state index in [0.29, 0.717) is 12.1 Å². The zero-order valence-corrected chi connectivity index (χ0v) is 22.3. The Labute approximate surface area is 234 Å². The van der Waals surface area contributed by atoms with Crippen LogP contribution in [-0.2, 0) is 6.54 Å². The molecule has 0 saturated heterocycles. The van der Waals surface area contributed by atoms with E-state index >= 15 is 4.79 Å². The van der Waals surface area contributed by atoms with Crippen molar-refractivity contribution in [2.75, 3.05) is 10.0 Å². The maximum absolute atomic E-state index is 15.0. The van der Waals surface area contributed by atoms with Crippen LogP contribution >= 0.6 is 0 Å². The van der Waals surface area contributed by atoms with Crippen LogP contribution in [0.25, 0.3) is 22.2 Å². The molecule has 0 fully saturated rings. The second-order valence-electron chi connectivity index (χ2n) is 9.67. The number of pyridine rings is 1. The number of nitrogens with zero attached hydrogens (tertiary/aromatic N) is 3. The van der Waals surface area contributed by atoms with Crippen molar-refractivity contribution in [2.45, 2.75) is 13.5 Å². The quantitative estimate of drug-likeness (QED) is 0.199. The molecular weight excluding hydrogens is 490 g/mol. The number of fused-ring (bicyclic) bond motifs is 1. The Morgan fingerprint density at radius 1 is 0.625 bits per heavy atom. The minimum atomic E-state index is -0.112. The van der Waals surface area contributed by atoms with E-state index in [9.17, 15) is 0 Å². The summed E-state index contributed by atoms with van der Waals surface area (Å²) in [4.78, 5) is 20.0. The number of anilines is 2. The van der Waals surface area contributed by atoms with Crippen molar-refractivity contribution in [2.24, 2.45) is 0 Å². The Morgan fingerprint density at radius 3 is 1.80 bits per heavy atom. The fraction of sp³-hybridized carbons (Fsp3) is 0.0556. The predicted octanol–water partition coefficient (Wildman–Crippen LogP) is 8.48. The topological polar surface area (TPSA) is 36.4 Å². The molecule has 0 N–H and O–H groups in total. The predicted molar refractivity (Wildman–Crippen MR) is 164 cm³/mol. The number of carbonyl (C=O) groups excluding carboxylic acids is 1. The number of hydrogen-bond donors (Lipinski definition) is 0. The number of hydrazine groups is 1. The molecule has 0 aliphatic rings. The van der Waals surface area contributed by atoms with Crippen LogP contribution in [0.4, 0.5) is 11.4 Å². The van der Waals surface area contributed by atoms with E-state index < -0.39 is 0 Å². The van der Waals surface area contributed by atoms with Crippen molar-refractivity contribution in [3.8, 4) is 11.3 Å². The Bertz CT molecular complexity index is 1740. The highest BCUT2D eigenvalue weighted by atomic mass is 16.2. The molecule has 0 unspecified atom stereocenters. The SMILES string of the molecule is Cc1c(-c2ccccc2)nc2ccccc2c1C(=O)N(c1ccccc1)N(Cc1ccccc1)c1ccccc1. The maximum atomic E-state index is 15.0. The lowest BCUT2D eigenvalue weighted by Gasteiger charge is -2.37. The number of rotatable bonds is 7. The Kier molecular flexibility index (Phi) is 7.06. The average molecular weight is 520 g/mol. The molecule has 1 heterocycles. The summed E-state index contributed by atoms with van der Waals surface area (Å²) in [5, 5.41) is 4.70. The highest BCUT2D eigenvalue weighted by molar-refractivity contribution is 6.16. The molecule has 4 nitrogen and oxygen atoms in total. The van der Waals surface area contributed by atoms with E-state index in [0.717, 1.165) is 44.7 Å². The summed E-state index contributed by atoms with van der Waals surface area (Å²) in [6, 6.07) is 48.2. The van der Waals surface area contributed by atoms with E-state index in [1.165, 1.54) is 0 Å². The molecule has 1 aromatic heterocycles. The third-order valence-corrected chi connectivity index (χ3v) is 7.06. The first-order valence-electron chi connectivity index (χ1n) is 13.4. The van der Waals surface area contributed by atoms with Gasteiger partial charge in [0, 0.05) is 10.9 Å². The van der Waals surface area contributed by atoms with E-state index in [2.05, 4.69) is 17.1 Å². The normalized spacial score (nSPS) is 10.8. The van der Waals surface area contributed by atoms with Crippen molar-refractivity contribution in [1.29, 1.82) is 0 Å². The molecule has 0 spiro atoms. The Hall–Kier alpha value is -5.22. The van der Waals surface area contributed by atoms with Gasteiger partial charge >= 0.3 is 0 Å². The second-order valence-corrected chi connectivity index (χ2v) is 9.67. The van der Waals surface area contributed by atoms with Crippen molar-refractivity contribution in [1.82, 2.24) is 4.98 Å². The van der Waals surface area contributed by atoms with Gasteiger partial charge in [0.15, 0.2) is 0 Å². The van der Waals surface area contributed by atoms with Crippen molar-refractivity contribution < 1.29 is 4.79 Å². The van der Waals surface area contributed by atoms with E-state index in [-0.39, 0.29) is 5.91 Å². The van der Waals surface area contributed by atoms with Crippen molar-refractivity contribution >= 4 is 28.2 Å². The van der Waals surface area contributed by atoms with Crippen LogP contribution in [0.15, 0.2) is 146 Å². The Balaban J connectivity index is 1.59. The van der Waals surface area contributed by atoms with Gasteiger partial charge in [0.05, 0.1) is 34.7 Å². The molecule has 0 atom stereocenters. The van der Waals surface area contributed by atoms with Gasteiger partial charge in [0.1, 0.15) is 0 Å². The fourth-order valence-electron chi connectivity index (χ4n) is 5.14. The minimum Gasteiger partial charge on any atom is -0.274 e. The second kappa shape index (κ2) is 11.3. The van der Waals surface area contributed by atoms with Crippen LogP contribution in [-0.4, -0.2) is 10.9 Å². The summed E-state index contributed by atoms with van der Waals surface area (Å²) in [6.07, 6.45) is 0. The third-order valence-electron chi connectivity index (χ3n) is 7.06. The molecule has 0 radical (unpaired) electrons. The monoisotopic (exact) mass is 519 g/mol. The summed E-state index contributed by atoms with van der Waals surface area (Å²) in [7, 11) is 0. The minimum absolute atomic E-state index is 0.112. The highest BCUT2D eigenvalue weighted by Crippen LogP contribution is 2.33. The first-order valence-corrected chi connectivity index (χ1v) is 13.4. The number of hydrogen-bond acceptors (Lipinski definition) is 3. The molecule has 0 bridgehead atoms. The molecule has 0 aliphatic heterocycles. The standard InChI is InChI=1S/C36H29N3O/c1-27-34(32-24-14-15-25-33(32)37-35(27)29-18-8-3-9-19-29)36(40)39(31-22-12-5-13-23-31)38(30-20-10-4-11-21-30)26-28-16-6-2-7-17-28/h2-25H,26H2,1H3. The van der Waals surface area contributed by atoms with Crippen LogP contribution in [0.2, 0.25) is 0 Å². The highest BCUT2D eigenvalue weighted by Gasteiger charge is 2.29. The molecule has 1 amide bonds. The molecule has 0 aliphatic carbocycles.